The molecule has 0 amide bonds. The summed E-state index contributed by atoms with van der Waals surface area (Å²) in [5.41, 5.74) is 7.92. The molecule has 0 aromatic carbocycles. The van der Waals surface area contributed by atoms with E-state index in [1.165, 1.54) is 0 Å². The lowest BCUT2D eigenvalue weighted by Crippen LogP contribution is -2.10. The van der Waals surface area contributed by atoms with Crippen LogP contribution in [-0.2, 0) is 0 Å². The molecule has 0 unspecified atom stereocenters. The minimum Gasteiger partial charge on any atom is -0.368 e. The normalized spacial score (nSPS) is 10.5. The summed E-state index contributed by atoms with van der Waals surface area (Å²) in [6.07, 6.45) is 0. The maximum absolute atomic E-state index is 5.48. The lowest BCUT2D eigenvalue weighted by Gasteiger charge is -2.06. The molecule has 0 saturated heterocycles. The van der Waals surface area contributed by atoms with Crippen molar-refractivity contribution in [3.63, 3.8) is 0 Å². The number of anilines is 2. The Balaban J connectivity index is 2.88. The van der Waals surface area contributed by atoms with E-state index in [9.17, 15) is 0 Å². The van der Waals surface area contributed by atoms with Crippen molar-refractivity contribution in [2.45, 2.75) is 24.1 Å². The summed E-state index contributed by atoms with van der Waals surface area (Å²) in [4.78, 5) is 7.93. The first-order valence-electron chi connectivity index (χ1n) is 3.89. The highest BCUT2D eigenvalue weighted by Crippen LogP contribution is 2.22. The predicted octanol–water partition coefficient (Wildman–Crippen LogP) is 0.845. The van der Waals surface area contributed by atoms with E-state index < -0.39 is 0 Å². The van der Waals surface area contributed by atoms with Crippen molar-refractivity contribution in [1.29, 1.82) is 0 Å². The number of nitrogen functional groups attached to an aromatic ring is 2. The van der Waals surface area contributed by atoms with Crippen molar-refractivity contribution < 1.29 is 0 Å². The van der Waals surface area contributed by atoms with E-state index in [1.807, 2.05) is 0 Å². The van der Waals surface area contributed by atoms with Gasteiger partial charge < -0.3 is 11.2 Å². The van der Waals surface area contributed by atoms with Crippen LogP contribution in [0.2, 0.25) is 0 Å². The molecule has 5 nitrogen and oxygen atoms in total. The Morgan fingerprint density at radius 3 is 2.69 bits per heavy atom. The van der Waals surface area contributed by atoms with Gasteiger partial charge in [-0.15, -0.1) is 11.8 Å². The van der Waals surface area contributed by atoms with Crippen molar-refractivity contribution in [2.24, 2.45) is 5.84 Å². The van der Waals surface area contributed by atoms with Crippen LogP contribution in [-0.4, -0.2) is 15.2 Å². The molecule has 0 aliphatic carbocycles. The topological polar surface area (TPSA) is 89.8 Å². The van der Waals surface area contributed by atoms with E-state index in [1.54, 1.807) is 17.8 Å². The molecule has 13 heavy (non-hydrogen) atoms. The van der Waals surface area contributed by atoms with Crippen LogP contribution >= 0.6 is 11.8 Å². The highest BCUT2D eigenvalue weighted by atomic mass is 32.2. The third-order valence-corrected chi connectivity index (χ3v) is 2.15. The fraction of sp³-hybridized carbons (Fsp3) is 0.429. The highest BCUT2D eigenvalue weighted by molar-refractivity contribution is 7.99. The van der Waals surface area contributed by atoms with Gasteiger partial charge in [0.15, 0.2) is 0 Å². The van der Waals surface area contributed by atoms with E-state index in [0.29, 0.717) is 11.1 Å². The van der Waals surface area contributed by atoms with Crippen LogP contribution in [0.15, 0.2) is 11.1 Å². The Bertz CT molecular complexity index is 288. The average Bonchev–Trinajstić information content (AvgIpc) is 2.01. The standard InChI is InChI=1S/C7H13N5S/c1-4(2)13-6-3-5(12-9)10-7(8)11-6/h3-4H,9H2,1-2H3,(H3,8,10,11,12). The van der Waals surface area contributed by atoms with Crippen LogP contribution in [0.4, 0.5) is 11.8 Å². The van der Waals surface area contributed by atoms with Gasteiger partial charge in [0.2, 0.25) is 5.95 Å². The Hall–Kier alpha value is -1.01. The molecule has 1 rings (SSSR count). The first-order chi connectivity index (χ1) is 6.11. The van der Waals surface area contributed by atoms with Gasteiger partial charge in [0.05, 0.1) is 0 Å². The zero-order chi connectivity index (χ0) is 9.84. The number of hydrazine groups is 1. The number of nitrogens with one attached hydrogen (secondary N) is 1. The van der Waals surface area contributed by atoms with Crippen molar-refractivity contribution in [1.82, 2.24) is 9.97 Å². The van der Waals surface area contributed by atoms with Crippen molar-refractivity contribution in [3.8, 4) is 0 Å². The third kappa shape index (κ3) is 3.08. The lowest BCUT2D eigenvalue weighted by atomic mass is 10.6. The second-order valence-electron chi connectivity index (χ2n) is 2.76. The second kappa shape index (κ2) is 4.29. The summed E-state index contributed by atoms with van der Waals surface area (Å²) < 4.78 is 0. The van der Waals surface area contributed by atoms with E-state index in [2.05, 4.69) is 29.2 Å². The van der Waals surface area contributed by atoms with E-state index in [0.717, 1.165) is 5.03 Å². The first kappa shape index (κ1) is 10.1. The average molecular weight is 199 g/mol. The van der Waals surface area contributed by atoms with E-state index >= 15 is 0 Å². The van der Waals surface area contributed by atoms with Crippen LogP contribution in [0, 0.1) is 0 Å². The molecule has 0 saturated carbocycles. The smallest absolute Gasteiger partial charge is 0.223 e. The van der Waals surface area contributed by atoms with Gasteiger partial charge in [-0.3, -0.25) is 0 Å². The quantitative estimate of drug-likeness (QED) is 0.289. The number of nitrogens with zero attached hydrogens (tertiary/aromatic N) is 2. The lowest BCUT2D eigenvalue weighted by molar-refractivity contribution is 1.03. The molecule has 0 bridgehead atoms. The van der Waals surface area contributed by atoms with Gasteiger partial charge in [-0.2, -0.15) is 4.98 Å². The maximum atomic E-state index is 5.48. The van der Waals surface area contributed by atoms with Crippen LogP contribution < -0.4 is 17.0 Å². The minimum atomic E-state index is 0.235. The first-order valence-corrected chi connectivity index (χ1v) is 4.77. The summed E-state index contributed by atoms with van der Waals surface area (Å²) >= 11 is 1.62. The fourth-order valence-electron chi connectivity index (χ4n) is 0.819. The molecule has 1 heterocycles. The minimum absolute atomic E-state index is 0.235. The molecular weight excluding hydrogens is 186 g/mol. The van der Waals surface area contributed by atoms with Crippen molar-refractivity contribution >= 4 is 23.5 Å². The number of hydrogen-bond acceptors (Lipinski definition) is 6. The van der Waals surface area contributed by atoms with E-state index in [-0.39, 0.29) is 5.95 Å². The number of nitrogens with two attached hydrogens (primary N) is 2. The van der Waals surface area contributed by atoms with Gasteiger partial charge in [-0.05, 0) is 0 Å². The van der Waals surface area contributed by atoms with Crippen molar-refractivity contribution in [2.75, 3.05) is 11.2 Å². The Kier molecular flexibility index (Phi) is 3.32. The van der Waals surface area contributed by atoms with Gasteiger partial charge in [-0.1, -0.05) is 13.8 Å². The van der Waals surface area contributed by atoms with Crippen molar-refractivity contribution in [3.05, 3.63) is 6.07 Å². The van der Waals surface area contributed by atoms with Crippen LogP contribution in [0.3, 0.4) is 0 Å². The summed E-state index contributed by atoms with van der Waals surface area (Å²) in [6.45, 7) is 4.16. The van der Waals surface area contributed by atoms with Crippen LogP contribution in [0.25, 0.3) is 0 Å². The third-order valence-electron chi connectivity index (χ3n) is 1.22. The van der Waals surface area contributed by atoms with Gasteiger partial charge in [0.25, 0.3) is 0 Å². The van der Waals surface area contributed by atoms with Gasteiger partial charge in [0, 0.05) is 11.3 Å². The Labute approximate surface area is 81.3 Å². The number of thioether (sulfide) groups is 1. The summed E-state index contributed by atoms with van der Waals surface area (Å²) in [7, 11) is 0. The molecular formula is C7H13N5S. The second-order valence-corrected chi connectivity index (χ2v) is 4.36. The molecule has 0 atom stereocenters. The van der Waals surface area contributed by atoms with Gasteiger partial charge >= 0.3 is 0 Å². The molecule has 0 aliphatic rings. The largest absolute Gasteiger partial charge is 0.368 e. The molecule has 0 spiro atoms. The number of aromatic nitrogens is 2. The molecule has 1 aromatic rings. The maximum Gasteiger partial charge on any atom is 0.223 e. The molecule has 1 aromatic heterocycles. The molecule has 5 N–H and O–H groups in total. The Morgan fingerprint density at radius 2 is 2.15 bits per heavy atom. The van der Waals surface area contributed by atoms with E-state index in [4.69, 9.17) is 11.6 Å². The predicted molar refractivity (Wildman–Crippen MR) is 55.2 cm³/mol. The van der Waals surface area contributed by atoms with Crippen LogP contribution in [0.5, 0.6) is 0 Å². The monoisotopic (exact) mass is 199 g/mol. The molecule has 0 fully saturated rings. The summed E-state index contributed by atoms with van der Waals surface area (Å²) in [5, 5.41) is 1.29. The zero-order valence-electron chi connectivity index (χ0n) is 7.61. The SMILES string of the molecule is CC(C)Sc1cc(NN)nc(N)n1. The molecule has 72 valence electrons. The summed E-state index contributed by atoms with van der Waals surface area (Å²) in [6, 6.07) is 1.76. The Morgan fingerprint density at radius 1 is 1.46 bits per heavy atom. The molecule has 0 aliphatic heterocycles. The van der Waals surface area contributed by atoms with Crippen LogP contribution in [0.1, 0.15) is 13.8 Å². The number of rotatable bonds is 3. The summed E-state index contributed by atoms with van der Waals surface area (Å²) in [5.74, 6) is 5.99. The number of hydrogen-bond donors (Lipinski definition) is 3. The zero-order valence-corrected chi connectivity index (χ0v) is 8.43. The fourth-order valence-corrected chi connectivity index (χ4v) is 1.63. The van der Waals surface area contributed by atoms with Gasteiger partial charge in [-0.25, -0.2) is 10.8 Å². The molecule has 6 heteroatoms. The molecule has 0 radical (unpaired) electrons. The van der Waals surface area contributed by atoms with Gasteiger partial charge in [0.1, 0.15) is 10.8 Å². The highest BCUT2D eigenvalue weighted by Gasteiger charge is 2.03.